The van der Waals surface area contributed by atoms with Crippen molar-refractivity contribution in [3.8, 4) is 11.6 Å². The summed E-state index contributed by atoms with van der Waals surface area (Å²) >= 11 is 0. The van der Waals surface area contributed by atoms with Crippen molar-refractivity contribution in [1.29, 1.82) is 0 Å². The summed E-state index contributed by atoms with van der Waals surface area (Å²) in [6.07, 6.45) is -11.1. The van der Waals surface area contributed by atoms with Gasteiger partial charge >= 0.3 is 18.5 Å². The Morgan fingerprint density at radius 2 is 1.77 bits per heavy atom. The first-order valence-electron chi connectivity index (χ1n) is 5.45. The van der Waals surface area contributed by atoms with Crippen molar-refractivity contribution in [1.82, 2.24) is 4.98 Å². The van der Waals surface area contributed by atoms with Crippen molar-refractivity contribution in [2.45, 2.75) is 19.0 Å². The van der Waals surface area contributed by atoms with E-state index in [-0.39, 0.29) is 6.07 Å². The monoisotopic (exact) mass is 333 g/mol. The van der Waals surface area contributed by atoms with Crippen molar-refractivity contribution < 1.29 is 45.3 Å². The van der Waals surface area contributed by atoms with Crippen molar-refractivity contribution >= 4 is 5.97 Å². The summed E-state index contributed by atoms with van der Waals surface area (Å²) in [4.78, 5) is 14.4. The van der Waals surface area contributed by atoms with Crippen LogP contribution >= 0.6 is 0 Å². The summed E-state index contributed by atoms with van der Waals surface area (Å²) in [6, 6.07) is 0.0348. The first kappa shape index (κ1) is 17.9. The van der Waals surface area contributed by atoms with Crippen LogP contribution in [-0.2, 0) is 22.1 Å². The quantitative estimate of drug-likeness (QED) is 0.626. The van der Waals surface area contributed by atoms with Gasteiger partial charge in [0.15, 0.2) is 5.75 Å². The maximum atomic E-state index is 12.9. The highest BCUT2D eigenvalue weighted by molar-refractivity contribution is 5.73. The predicted molar refractivity (Wildman–Crippen MR) is 58.2 cm³/mol. The molecule has 11 heteroatoms. The van der Waals surface area contributed by atoms with E-state index in [4.69, 9.17) is 0 Å². The fourth-order valence-corrected chi connectivity index (χ4v) is 1.50. The number of ether oxygens (including phenoxy) is 3. The predicted octanol–water partition coefficient (Wildman–Crippen LogP) is 2.72. The van der Waals surface area contributed by atoms with Crippen LogP contribution in [0.5, 0.6) is 11.6 Å². The van der Waals surface area contributed by atoms with Crippen LogP contribution in [0.2, 0.25) is 0 Å². The summed E-state index contributed by atoms with van der Waals surface area (Å²) in [5.74, 6) is -3.25. The van der Waals surface area contributed by atoms with Crippen molar-refractivity contribution in [3.63, 3.8) is 0 Å². The Labute approximate surface area is 119 Å². The van der Waals surface area contributed by atoms with Gasteiger partial charge in [0.1, 0.15) is 5.56 Å². The molecule has 0 aromatic carbocycles. The molecule has 124 valence electrons. The third kappa shape index (κ3) is 4.67. The highest BCUT2D eigenvalue weighted by Crippen LogP contribution is 2.40. The number of alkyl halides is 6. The minimum absolute atomic E-state index is 0.0348. The van der Waals surface area contributed by atoms with E-state index >= 15 is 0 Å². The average Bonchev–Trinajstić information content (AvgIpc) is 2.35. The molecule has 0 radical (unpaired) electrons. The van der Waals surface area contributed by atoms with E-state index in [0.717, 1.165) is 14.2 Å². The number of carbonyl (C=O) groups is 1. The largest absolute Gasteiger partial charge is 0.574 e. The second-order valence-electron chi connectivity index (χ2n) is 3.79. The molecule has 22 heavy (non-hydrogen) atoms. The second-order valence-corrected chi connectivity index (χ2v) is 3.79. The van der Waals surface area contributed by atoms with E-state index in [1.807, 2.05) is 0 Å². The number of hydrogen-bond donors (Lipinski definition) is 0. The summed E-state index contributed by atoms with van der Waals surface area (Å²) in [5, 5.41) is 0. The molecular formula is C11H9F6NO4. The van der Waals surface area contributed by atoms with Crippen LogP contribution < -0.4 is 9.47 Å². The third-order valence-corrected chi connectivity index (χ3v) is 2.29. The number of carbonyl (C=O) groups excluding carboxylic acids is 1. The lowest BCUT2D eigenvalue weighted by molar-refractivity contribution is -0.276. The van der Waals surface area contributed by atoms with Gasteiger partial charge in [-0.3, -0.25) is 4.79 Å². The van der Waals surface area contributed by atoms with E-state index in [9.17, 15) is 31.1 Å². The topological polar surface area (TPSA) is 57.7 Å². The lowest BCUT2D eigenvalue weighted by Gasteiger charge is -2.17. The SMILES string of the molecule is COC(=O)Cc1nc(OC(F)(F)F)cc(C(F)(F)F)c1OC. The molecule has 0 atom stereocenters. The third-order valence-electron chi connectivity index (χ3n) is 2.29. The van der Waals surface area contributed by atoms with Crippen LogP contribution in [0.4, 0.5) is 26.3 Å². The molecule has 0 saturated carbocycles. The zero-order chi connectivity index (χ0) is 17.1. The van der Waals surface area contributed by atoms with Crippen LogP contribution in [0.1, 0.15) is 11.3 Å². The zero-order valence-electron chi connectivity index (χ0n) is 11.1. The number of nitrogens with zero attached hydrogens (tertiary/aromatic N) is 1. The van der Waals surface area contributed by atoms with E-state index in [1.165, 1.54) is 0 Å². The van der Waals surface area contributed by atoms with E-state index in [1.54, 1.807) is 0 Å². The summed E-state index contributed by atoms with van der Waals surface area (Å²) in [6.45, 7) is 0. The molecule has 0 N–H and O–H groups in total. The molecule has 0 spiro atoms. The van der Waals surface area contributed by atoms with Gasteiger partial charge in [0.25, 0.3) is 0 Å². The molecule has 1 heterocycles. The highest BCUT2D eigenvalue weighted by Gasteiger charge is 2.39. The van der Waals surface area contributed by atoms with Gasteiger partial charge in [-0.2, -0.15) is 13.2 Å². The maximum absolute atomic E-state index is 12.9. The van der Waals surface area contributed by atoms with Crippen LogP contribution in [0.15, 0.2) is 6.07 Å². The molecule has 1 aromatic rings. The molecule has 0 amide bonds. The lowest BCUT2D eigenvalue weighted by atomic mass is 10.1. The molecule has 1 aromatic heterocycles. The Morgan fingerprint density at radius 3 is 2.18 bits per heavy atom. The van der Waals surface area contributed by atoms with Gasteiger partial charge in [-0.05, 0) is 0 Å². The van der Waals surface area contributed by atoms with E-state index in [2.05, 4.69) is 19.2 Å². The molecule has 0 aliphatic carbocycles. The Balaban J connectivity index is 3.44. The molecule has 0 saturated heterocycles. The molecule has 0 unspecified atom stereocenters. The number of halogens is 6. The van der Waals surface area contributed by atoms with Gasteiger partial charge in [0.2, 0.25) is 5.88 Å². The van der Waals surface area contributed by atoms with Crippen LogP contribution in [-0.4, -0.2) is 31.5 Å². The number of hydrogen-bond acceptors (Lipinski definition) is 5. The van der Waals surface area contributed by atoms with E-state index in [0.29, 0.717) is 0 Å². The number of methoxy groups -OCH3 is 2. The van der Waals surface area contributed by atoms with Crippen molar-refractivity contribution in [3.05, 3.63) is 17.3 Å². The van der Waals surface area contributed by atoms with E-state index < -0.39 is 47.8 Å². The first-order chi connectivity index (χ1) is 9.97. The highest BCUT2D eigenvalue weighted by atomic mass is 19.4. The molecule has 1 rings (SSSR count). The minimum Gasteiger partial charge on any atom is -0.494 e. The molecule has 5 nitrogen and oxygen atoms in total. The van der Waals surface area contributed by atoms with Gasteiger partial charge in [0, 0.05) is 6.07 Å². The number of aromatic nitrogens is 1. The van der Waals surface area contributed by atoms with Gasteiger partial charge in [-0.1, -0.05) is 0 Å². The molecular weight excluding hydrogens is 324 g/mol. The fraction of sp³-hybridized carbons (Fsp3) is 0.455. The molecule has 0 aliphatic heterocycles. The minimum atomic E-state index is -5.24. The maximum Gasteiger partial charge on any atom is 0.574 e. The number of rotatable bonds is 4. The normalized spacial score (nSPS) is 12.0. The fourth-order valence-electron chi connectivity index (χ4n) is 1.50. The average molecular weight is 333 g/mol. The van der Waals surface area contributed by atoms with Gasteiger partial charge in [-0.25, -0.2) is 4.98 Å². The first-order valence-corrected chi connectivity index (χ1v) is 5.45. The lowest BCUT2D eigenvalue weighted by Crippen LogP contribution is -2.20. The molecule has 0 fully saturated rings. The van der Waals surface area contributed by atoms with Crippen molar-refractivity contribution in [2.75, 3.05) is 14.2 Å². The number of pyridine rings is 1. The zero-order valence-corrected chi connectivity index (χ0v) is 11.1. The second kappa shape index (κ2) is 6.28. The molecule has 0 bridgehead atoms. The Morgan fingerprint density at radius 1 is 1.18 bits per heavy atom. The van der Waals surface area contributed by atoms with Crippen LogP contribution in [0.3, 0.4) is 0 Å². The summed E-state index contributed by atoms with van der Waals surface area (Å²) in [5.41, 5.74) is -2.24. The Bertz CT molecular complexity index is 555. The Hall–Kier alpha value is -2.20. The smallest absolute Gasteiger partial charge is 0.494 e. The van der Waals surface area contributed by atoms with Gasteiger partial charge in [-0.15, -0.1) is 13.2 Å². The summed E-state index contributed by atoms with van der Waals surface area (Å²) in [7, 11) is 1.81. The standard InChI is InChI=1S/C11H9F6NO4/c1-20-8(19)4-6-9(21-2)5(10(12,13)14)3-7(18-6)22-11(15,16)17/h3H,4H2,1-2H3. The summed E-state index contributed by atoms with van der Waals surface area (Å²) < 4.78 is 87.2. The number of esters is 1. The van der Waals surface area contributed by atoms with Crippen LogP contribution in [0.25, 0.3) is 0 Å². The van der Waals surface area contributed by atoms with Gasteiger partial charge < -0.3 is 14.2 Å². The van der Waals surface area contributed by atoms with Crippen molar-refractivity contribution in [2.24, 2.45) is 0 Å². The molecule has 0 aliphatic rings. The Kier molecular flexibility index (Phi) is 5.09. The van der Waals surface area contributed by atoms with Crippen LogP contribution in [0, 0.1) is 0 Å². The van der Waals surface area contributed by atoms with Gasteiger partial charge in [0.05, 0.1) is 26.3 Å².